The van der Waals surface area contributed by atoms with Gasteiger partial charge in [-0.25, -0.2) is 0 Å². The van der Waals surface area contributed by atoms with E-state index in [1.807, 2.05) is 0 Å². The monoisotopic (exact) mass is 312 g/mol. The molecule has 112 valence electrons. The van der Waals surface area contributed by atoms with E-state index in [9.17, 15) is 30.3 Å². The van der Waals surface area contributed by atoms with Crippen LogP contribution in [0.25, 0.3) is 0 Å². The van der Waals surface area contributed by atoms with Crippen LogP contribution in [0.4, 0.5) is 11.9 Å². The number of anilines is 2. The highest BCUT2D eigenvalue weighted by atomic mass is 16.7. The molecule has 0 amide bonds. The highest BCUT2D eigenvalue weighted by Crippen LogP contribution is 2.30. The second kappa shape index (κ2) is 4.00. The van der Waals surface area contributed by atoms with Crippen molar-refractivity contribution in [2.24, 2.45) is 20.9 Å². The topological polar surface area (TPSA) is 224 Å². The minimum absolute atomic E-state index is 0.493. The molecule has 1 aromatic heterocycles. The second-order valence-electron chi connectivity index (χ2n) is 3.60. The summed E-state index contributed by atoms with van der Waals surface area (Å²) in [5.74, 6) is -6.35. The number of rotatable bonds is 6. The van der Waals surface area contributed by atoms with E-state index in [0.29, 0.717) is 0 Å². The molecule has 0 unspecified atom stereocenters. The summed E-state index contributed by atoms with van der Waals surface area (Å²) < 4.78 is 0. The van der Waals surface area contributed by atoms with Gasteiger partial charge in [-0.15, -0.1) is 0 Å². The summed E-state index contributed by atoms with van der Waals surface area (Å²) in [6, 6.07) is 0. The second-order valence-corrected chi connectivity index (χ2v) is 3.60. The maximum Gasteiger partial charge on any atom is 0.763 e. The molecule has 0 fully saturated rings. The van der Waals surface area contributed by atoms with E-state index in [1.165, 1.54) is 0 Å². The predicted octanol–water partition coefficient (Wildman–Crippen LogP) is -0.984. The number of nitro groups is 3. The lowest BCUT2D eigenvalue weighted by molar-refractivity contribution is -0.987. The van der Waals surface area contributed by atoms with Gasteiger partial charge in [0.1, 0.15) is 0 Å². The molecule has 0 aliphatic carbocycles. The van der Waals surface area contributed by atoms with Crippen molar-refractivity contribution in [2.75, 3.05) is 10.2 Å². The lowest BCUT2D eigenvalue weighted by Crippen LogP contribution is -2.51. The van der Waals surface area contributed by atoms with Gasteiger partial charge in [0.2, 0.25) is 0 Å². The summed E-state index contributed by atoms with van der Waals surface area (Å²) in [4.78, 5) is 38.1. The molecule has 0 bridgehead atoms. The normalized spacial score (nSPS) is 14.9. The van der Waals surface area contributed by atoms with Crippen molar-refractivity contribution in [1.29, 1.82) is 0 Å². The van der Waals surface area contributed by atoms with Gasteiger partial charge < -0.3 is 0 Å². The van der Waals surface area contributed by atoms with Gasteiger partial charge in [-0.3, -0.25) is 30.3 Å². The molecule has 0 atom stereocenters. The van der Waals surface area contributed by atoms with Crippen LogP contribution in [0.15, 0.2) is 20.9 Å². The molecule has 3 heterocycles. The van der Waals surface area contributed by atoms with Crippen LogP contribution in [0.2, 0.25) is 0 Å². The van der Waals surface area contributed by atoms with Crippen LogP contribution in [0.1, 0.15) is 5.82 Å². The molecule has 1 aromatic rings. The Bertz CT molecular complexity index is 687. The van der Waals surface area contributed by atoms with Crippen LogP contribution >= 0.6 is 0 Å². The van der Waals surface area contributed by atoms with E-state index >= 15 is 0 Å². The number of hydrogen-bond donors (Lipinski definition) is 0. The third kappa shape index (κ3) is 1.70. The first-order valence-electron chi connectivity index (χ1n) is 5.01. The van der Waals surface area contributed by atoms with E-state index in [0.717, 1.165) is 10.2 Å². The number of aromatic nitrogens is 3. The molecule has 0 saturated heterocycles. The molecule has 18 nitrogen and oxygen atoms in total. The van der Waals surface area contributed by atoms with E-state index < -0.39 is 38.3 Å². The Morgan fingerprint density at radius 2 is 1.09 bits per heavy atom. The summed E-state index contributed by atoms with van der Waals surface area (Å²) >= 11 is 0. The Labute approximate surface area is 116 Å². The molecular weight excluding hydrogens is 312 g/mol. The highest BCUT2D eigenvalue weighted by Gasteiger charge is 2.76. The van der Waals surface area contributed by atoms with Crippen molar-refractivity contribution < 1.29 is 14.8 Å². The molecule has 0 spiro atoms. The van der Waals surface area contributed by atoms with Crippen molar-refractivity contribution in [3.05, 3.63) is 36.2 Å². The molecule has 18 heteroatoms. The third-order valence-corrected chi connectivity index (χ3v) is 2.39. The predicted molar refractivity (Wildman–Crippen MR) is 57.2 cm³/mol. The van der Waals surface area contributed by atoms with Gasteiger partial charge in [0.25, 0.3) is 11.9 Å². The Morgan fingerprint density at radius 1 is 0.727 bits per heavy atom. The summed E-state index contributed by atoms with van der Waals surface area (Å²) in [7, 11) is 0. The van der Waals surface area contributed by atoms with Crippen LogP contribution in [0.3, 0.4) is 0 Å². The minimum Gasteiger partial charge on any atom is -0.252 e. The van der Waals surface area contributed by atoms with Crippen molar-refractivity contribution in [2.45, 2.75) is 5.79 Å². The third-order valence-electron chi connectivity index (χ3n) is 2.39. The fourth-order valence-electron chi connectivity index (χ4n) is 1.33. The van der Waals surface area contributed by atoms with Gasteiger partial charge in [0.05, 0.1) is 0 Å². The zero-order valence-corrected chi connectivity index (χ0v) is 9.82. The van der Waals surface area contributed by atoms with Gasteiger partial charge in [-0.05, 0) is 20.9 Å². The zero-order valence-electron chi connectivity index (χ0n) is 9.82. The average molecular weight is 312 g/mol. The minimum atomic E-state index is -4.02. The van der Waals surface area contributed by atoms with Crippen LogP contribution in [-0.4, -0.2) is 29.7 Å². The SMILES string of the molecule is O=[N+]([O-])C(c1nc(N2N=N2)nc(N2N=N2)n1)([N+](=O)[O-])[N+](=O)[O-]. The first-order valence-corrected chi connectivity index (χ1v) is 5.01. The standard InChI is InChI=1S/C4N12O6/c17-14(18)4(15(19)20,16(21)22)1-5-2(12-8-9-12)7-3(6-1)13-10-11-13. The fraction of sp³-hybridized carbons (Fsp3) is 0.250. The Balaban J connectivity index is 2.20. The average Bonchev–Trinajstić information content (AvgIpc) is 3.28. The van der Waals surface area contributed by atoms with Crippen molar-refractivity contribution in [3.8, 4) is 0 Å². The Hall–Kier alpha value is -3.99. The van der Waals surface area contributed by atoms with Gasteiger partial charge in [-0.2, -0.15) is 15.0 Å². The summed E-state index contributed by atoms with van der Waals surface area (Å²) in [5.41, 5.74) is 0. The van der Waals surface area contributed by atoms with Gasteiger partial charge in [0.15, 0.2) is 14.8 Å². The van der Waals surface area contributed by atoms with Gasteiger partial charge in [0, 0.05) is 0 Å². The summed E-state index contributed by atoms with van der Waals surface area (Å²) in [6.07, 6.45) is 0. The van der Waals surface area contributed by atoms with E-state index in [1.54, 1.807) is 0 Å². The van der Waals surface area contributed by atoms with Crippen LogP contribution < -0.4 is 10.2 Å². The highest BCUT2D eigenvalue weighted by molar-refractivity contribution is 5.39. The number of nitrogens with zero attached hydrogens (tertiary/aromatic N) is 12. The maximum atomic E-state index is 11.0. The molecule has 2 aliphatic rings. The smallest absolute Gasteiger partial charge is 0.252 e. The van der Waals surface area contributed by atoms with Crippen molar-refractivity contribution in [3.63, 3.8) is 0 Å². The molecule has 0 aromatic carbocycles. The van der Waals surface area contributed by atoms with Crippen LogP contribution in [-0.2, 0) is 5.79 Å². The van der Waals surface area contributed by atoms with E-state index in [4.69, 9.17) is 0 Å². The quantitative estimate of drug-likeness (QED) is 0.352. The Morgan fingerprint density at radius 3 is 1.36 bits per heavy atom. The molecule has 0 saturated carbocycles. The molecule has 2 aliphatic heterocycles. The lowest BCUT2D eigenvalue weighted by Gasteiger charge is -2.08. The first-order chi connectivity index (χ1) is 10.4. The zero-order chi connectivity index (χ0) is 16.1. The summed E-state index contributed by atoms with van der Waals surface area (Å²) in [5, 5.41) is 47.5. The van der Waals surface area contributed by atoms with Crippen molar-refractivity contribution in [1.82, 2.24) is 15.0 Å². The maximum absolute atomic E-state index is 11.0. The van der Waals surface area contributed by atoms with Gasteiger partial charge in [-0.1, -0.05) is 10.2 Å². The molecule has 0 N–H and O–H groups in total. The van der Waals surface area contributed by atoms with E-state index in [2.05, 4.69) is 35.8 Å². The van der Waals surface area contributed by atoms with E-state index in [-0.39, 0.29) is 0 Å². The molecular formula is C4N12O6. The molecule has 0 radical (unpaired) electrons. The van der Waals surface area contributed by atoms with Crippen LogP contribution in [0.5, 0.6) is 0 Å². The molecule has 3 rings (SSSR count). The first kappa shape index (κ1) is 13.0. The lowest BCUT2D eigenvalue weighted by atomic mass is 10.3. The van der Waals surface area contributed by atoms with Crippen molar-refractivity contribution >= 4 is 11.9 Å². The Kier molecular flexibility index (Phi) is 2.37. The fourth-order valence-corrected chi connectivity index (χ4v) is 1.33. The molecule has 22 heavy (non-hydrogen) atoms. The largest absolute Gasteiger partial charge is 0.763 e. The van der Waals surface area contributed by atoms with Crippen LogP contribution in [0, 0.1) is 30.3 Å². The van der Waals surface area contributed by atoms with Gasteiger partial charge >= 0.3 is 11.6 Å². The summed E-state index contributed by atoms with van der Waals surface area (Å²) in [6.45, 7) is 0. The number of hydrogen-bond acceptors (Lipinski definition) is 15.